The van der Waals surface area contributed by atoms with Crippen LogP contribution < -0.4 is 0 Å². The van der Waals surface area contributed by atoms with Gasteiger partial charge in [-0.25, -0.2) is 4.68 Å². The van der Waals surface area contributed by atoms with E-state index in [0.29, 0.717) is 13.0 Å². The second-order valence-electron chi connectivity index (χ2n) is 4.45. The summed E-state index contributed by atoms with van der Waals surface area (Å²) >= 11 is 0. The number of aliphatic carboxylic acids is 1. The molecule has 2 rings (SSSR count). The van der Waals surface area contributed by atoms with Gasteiger partial charge in [-0.05, 0) is 17.5 Å². The van der Waals surface area contributed by atoms with E-state index in [4.69, 9.17) is 5.11 Å². The third kappa shape index (κ3) is 3.64. The molecule has 1 aromatic carbocycles. The summed E-state index contributed by atoms with van der Waals surface area (Å²) in [5.41, 5.74) is 3.29. The van der Waals surface area contributed by atoms with Crippen molar-refractivity contribution in [3.05, 3.63) is 47.3 Å². The molecule has 0 saturated heterocycles. The molecular weight excluding hydrogens is 242 g/mol. The molecule has 0 amide bonds. The standard InChI is InChI=1S/C14H17N3O2/c1-2-11-3-5-12(6-4-11)10-17-13(9-15-16-17)7-8-14(18)19/h3-6,9H,2,7-8,10H2,1H3,(H,18,19). The maximum atomic E-state index is 10.6. The number of carboxylic acids is 1. The minimum absolute atomic E-state index is 0.0994. The highest BCUT2D eigenvalue weighted by molar-refractivity contribution is 5.66. The molecule has 0 bridgehead atoms. The largest absolute Gasteiger partial charge is 0.481 e. The molecular formula is C14H17N3O2. The van der Waals surface area contributed by atoms with Gasteiger partial charge < -0.3 is 5.11 Å². The van der Waals surface area contributed by atoms with Gasteiger partial charge in [-0.15, -0.1) is 5.10 Å². The van der Waals surface area contributed by atoms with Crippen LogP contribution in [-0.4, -0.2) is 26.1 Å². The zero-order valence-corrected chi connectivity index (χ0v) is 10.9. The fraction of sp³-hybridized carbons (Fsp3) is 0.357. The lowest BCUT2D eigenvalue weighted by atomic mass is 10.1. The minimum Gasteiger partial charge on any atom is -0.481 e. The normalized spacial score (nSPS) is 10.6. The van der Waals surface area contributed by atoms with E-state index in [1.165, 1.54) is 5.56 Å². The highest BCUT2D eigenvalue weighted by atomic mass is 16.4. The second kappa shape index (κ2) is 6.13. The summed E-state index contributed by atoms with van der Waals surface area (Å²) in [6, 6.07) is 8.34. The van der Waals surface area contributed by atoms with Crippen LogP contribution in [0.4, 0.5) is 0 Å². The van der Waals surface area contributed by atoms with E-state index in [-0.39, 0.29) is 6.42 Å². The first-order valence-corrected chi connectivity index (χ1v) is 6.36. The van der Waals surface area contributed by atoms with Crippen LogP contribution >= 0.6 is 0 Å². The molecule has 0 spiro atoms. The summed E-state index contributed by atoms with van der Waals surface area (Å²) in [5.74, 6) is -0.806. The Labute approximate surface area is 111 Å². The Hall–Kier alpha value is -2.17. The first-order chi connectivity index (χ1) is 9.19. The van der Waals surface area contributed by atoms with Gasteiger partial charge in [-0.1, -0.05) is 36.4 Å². The van der Waals surface area contributed by atoms with E-state index in [1.807, 2.05) is 0 Å². The molecule has 0 aliphatic heterocycles. The van der Waals surface area contributed by atoms with E-state index in [9.17, 15) is 4.79 Å². The topological polar surface area (TPSA) is 68.0 Å². The number of benzene rings is 1. The number of carboxylic acid groups (broad SMARTS) is 1. The summed E-state index contributed by atoms with van der Waals surface area (Å²) in [4.78, 5) is 10.6. The van der Waals surface area contributed by atoms with Gasteiger partial charge in [0, 0.05) is 6.42 Å². The number of hydrogen-bond acceptors (Lipinski definition) is 3. The number of hydrogen-bond donors (Lipinski definition) is 1. The molecule has 1 N–H and O–H groups in total. The lowest BCUT2D eigenvalue weighted by molar-refractivity contribution is -0.136. The van der Waals surface area contributed by atoms with Crippen molar-refractivity contribution >= 4 is 5.97 Å². The van der Waals surface area contributed by atoms with Crippen LogP contribution in [-0.2, 0) is 24.2 Å². The average molecular weight is 259 g/mol. The molecule has 0 unspecified atom stereocenters. The average Bonchev–Trinajstić information content (AvgIpc) is 2.84. The van der Waals surface area contributed by atoms with Crippen molar-refractivity contribution in [2.45, 2.75) is 32.7 Å². The Morgan fingerprint density at radius 2 is 1.95 bits per heavy atom. The summed E-state index contributed by atoms with van der Waals surface area (Å²) < 4.78 is 1.75. The molecule has 0 atom stereocenters. The van der Waals surface area contributed by atoms with Crippen LogP contribution in [0.25, 0.3) is 0 Å². The molecule has 19 heavy (non-hydrogen) atoms. The molecule has 0 aliphatic rings. The molecule has 2 aromatic rings. The fourth-order valence-corrected chi connectivity index (χ4v) is 1.89. The second-order valence-corrected chi connectivity index (χ2v) is 4.45. The van der Waals surface area contributed by atoms with E-state index >= 15 is 0 Å². The molecule has 0 aliphatic carbocycles. The van der Waals surface area contributed by atoms with Crippen molar-refractivity contribution in [1.29, 1.82) is 0 Å². The van der Waals surface area contributed by atoms with Gasteiger partial charge in [-0.2, -0.15) is 0 Å². The molecule has 5 heteroatoms. The summed E-state index contributed by atoms with van der Waals surface area (Å²) in [5, 5.41) is 16.6. The van der Waals surface area contributed by atoms with E-state index in [2.05, 4.69) is 41.5 Å². The predicted octanol–water partition coefficient (Wildman–Crippen LogP) is 1.91. The number of aryl methyl sites for hydroxylation is 2. The highest BCUT2D eigenvalue weighted by Gasteiger charge is 2.07. The molecule has 0 fully saturated rings. The summed E-state index contributed by atoms with van der Waals surface area (Å²) in [6.45, 7) is 2.75. The van der Waals surface area contributed by atoms with Gasteiger partial charge in [0.15, 0.2) is 0 Å². The Bertz CT molecular complexity index is 546. The minimum atomic E-state index is -0.806. The third-order valence-corrected chi connectivity index (χ3v) is 3.06. The number of carbonyl (C=O) groups is 1. The number of nitrogens with zero attached hydrogens (tertiary/aromatic N) is 3. The Morgan fingerprint density at radius 3 is 2.58 bits per heavy atom. The zero-order valence-electron chi connectivity index (χ0n) is 10.9. The van der Waals surface area contributed by atoms with Crippen molar-refractivity contribution in [1.82, 2.24) is 15.0 Å². The molecule has 0 radical (unpaired) electrons. The molecule has 5 nitrogen and oxygen atoms in total. The van der Waals surface area contributed by atoms with Crippen molar-refractivity contribution in [2.75, 3.05) is 0 Å². The Balaban J connectivity index is 2.05. The smallest absolute Gasteiger partial charge is 0.303 e. The predicted molar refractivity (Wildman–Crippen MR) is 70.9 cm³/mol. The van der Waals surface area contributed by atoms with Crippen LogP contribution in [0.3, 0.4) is 0 Å². The van der Waals surface area contributed by atoms with Crippen LogP contribution in [0, 0.1) is 0 Å². The first-order valence-electron chi connectivity index (χ1n) is 6.36. The van der Waals surface area contributed by atoms with Gasteiger partial charge in [0.25, 0.3) is 0 Å². The van der Waals surface area contributed by atoms with Gasteiger partial charge in [0.05, 0.1) is 24.9 Å². The van der Waals surface area contributed by atoms with Crippen molar-refractivity contribution < 1.29 is 9.90 Å². The quantitative estimate of drug-likeness (QED) is 0.860. The maximum absolute atomic E-state index is 10.6. The van der Waals surface area contributed by atoms with E-state index in [0.717, 1.165) is 17.7 Å². The number of aromatic nitrogens is 3. The number of rotatable bonds is 6. The van der Waals surface area contributed by atoms with E-state index in [1.54, 1.807) is 10.9 Å². The lowest BCUT2D eigenvalue weighted by Crippen LogP contribution is -2.08. The van der Waals surface area contributed by atoms with E-state index < -0.39 is 5.97 Å². The van der Waals surface area contributed by atoms with Crippen LogP contribution in [0.15, 0.2) is 30.5 Å². The molecule has 100 valence electrons. The van der Waals surface area contributed by atoms with Crippen LogP contribution in [0.2, 0.25) is 0 Å². The van der Waals surface area contributed by atoms with Crippen molar-refractivity contribution in [3.8, 4) is 0 Å². The van der Waals surface area contributed by atoms with Crippen molar-refractivity contribution in [3.63, 3.8) is 0 Å². The third-order valence-electron chi connectivity index (χ3n) is 3.06. The van der Waals surface area contributed by atoms with Crippen LogP contribution in [0.5, 0.6) is 0 Å². The monoisotopic (exact) mass is 259 g/mol. The summed E-state index contributed by atoms with van der Waals surface area (Å²) in [7, 11) is 0. The van der Waals surface area contributed by atoms with Crippen molar-refractivity contribution in [2.24, 2.45) is 0 Å². The highest BCUT2D eigenvalue weighted by Crippen LogP contribution is 2.09. The zero-order chi connectivity index (χ0) is 13.7. The molecule has 1 heterocycles. The fourth-order valence-electron chi connectivity index (χ4n) is 1.89. The molecule has 1 aromatic heterocycles. The molecule has 0 saturated carbocycles. The Morgan fingerprint density at radius 1 is 1.26 bits per heavy atom. The lowest BCUT2D eigenvalue weighted by Gasteiger charge is -2.06. The first kappa shape index (κ1) is 13.3. The van der Waals surface area contributed by atoms with Gasteiger partial charge >= 0.3 is 5.97 Å². The van der Waals surface area contributed by atoms with Gasteiger partial charge in [0.1, 0.15) is 0 Å². The Kier molecular flexibility index (Phi) is 4.28. The van der Waals surface area contributed by atoms with Gasteiger partial charge in [-0.3, -0.25) is 4.79 Å². The summed E-state index contributed by atoms with van der Waals surface area (Å²) in [6.07, 6.45) is 3.20. The van der Waals surface area contributed by atoms with Gasteiger partial charge in [0.2, 0.25) is 0 Å². The maximum Gasteiger partial charge on any atom is 0.303 e. The van der Waals surface area contributed by atoms with Crippen LogP contribution in [0.1, 0.15) is 30.2 Å². The SMILES string of the molecule is CCc1ccc(Cn2nncc2CCC(=O)O)cc1.